The van der Waals surface area contributed by atoms with Crippen LogP contribution in [0.4, 0.5) is 4.39 Å². The SMILES string of the molecule is CC1(CNS(=O)(=O)c2cc(F)c(Cl)c(CN)c2)CCCS1. The zero-order valence-electron chi connectivity index (χ0n) is 11.7. The van der Waals surface area contributed by atoms with Crippen molar-refractivity contribution < 1.29 is 12.8 Å². The van der Waals surface area contributed by atoms with E-state index in [1.54, 1.807) is 11.8 Å². The number of nitrogens with two attached hydrogens (primary N) is 1. The summed E-state index contributed by atoms with van der Waals surface area (Å²) in [6, 6.07) is 2.24. The maximum atomic E-state index is 13.7. The molecule has 1 fully saturated rings. The summed E-state index contributed by atoms with van der Waals surface area (Å²) in [6.07, 6.45) is 2.04. The van der Waals surface area contributed by atoms with E-state index in [1.165, 1.54) is 6.07 Å². The molecule has 0 spiro atoms. The summed E-state index contributed by atoms with van der Waals surface area (Å²) in [6.45, 7) is 2.33. The van der Waals surface area contributed by atoms with E-state index in [2.05, 4.69) is 4.72 Å². The number of thioether (sulfide) groups is 1. The minimum absolute atomic E-state index is 0.0212. The van der Waals surface area contributed by atoms with Gasteiger partial charge in [-0.2, -0.15) is 11.8 Å². The zero-order valence-corrected chi connectivity index (χ0v) is 14.0. The van der Waals surface area contributed by atoms with Crippen LogP contribution in [-0.4, -0.2) is 25.5 Å². The highest BCUT2D eigenvalue weighted by Gasteiger charge is 2.31. The van der Waals surface area contributed by atoms with Crippen molar-refractivity contribution >= 4 is 33.4 Å². The Morgan fingerprint density at radius 2 is 2.24 bits per heavy atom. The fourth-order valence-corrected chi connectivity index (χ4v) is 4.98. The van der Waals surface area contributed by atoms with Crippen LogP contribution in [0.25, 0.3) is 0 Å². The second kappa shape index (κ2) is 6.42. The van der Waals surface area contributed by atoms with Gasteiger partial charge >= 0.3 is 0 Å². The van der Waals surface area contributed by atoms with Crippen molar-refractivity contribution in [3.63, 3.8) is 0 Å². The molecule has 3 N–H and O–H groups in total. The molecular formula is C13H18ClFN2O2S2. The molecule has 4 nitrogen and oxygen atoms in total. The molecule has 1 atom stereocenters. The Labute approximate surface area is 133 Å². The van der Waals surface area contributed by atoms with Crippen LogP contribution in [-0.2, 0) is 16.6 Å². The third-order valence-electron chi connectivity index (χ3n) is 3.54. The van der Waals surface area contributed by atoms with Gasteiger partial charge < -0.3 is 5.73 Å². The topological polar surface area (TPSA) is 72.2 Å². The highest BCUT2D eigenvalue weighted by Crippen LogP contribution is 2.37. The van der Waals surface area contributed by atoms with Gasteiger partial charge in [-0.3, -0.25) is 0 Å². The standard InChI is InChI=1S/C13H18ClFN2O2S2/c1-13(3-2-4-20-13)8-17-21(18,19)10-5-9(7-16)12(14)11(15)6-10/h5-6,17H,2-4,7-8,16H2,1H3. The first-order chi connectivity index (χ1) is 9.77. The molecule has 1 aromatic carbocycles. The predicted molar refractivity (Wildman–Crippen MR) is 84.6 cm³/mol. The van der Waals surface area contributed by atoms with Crippen LogP contribution in [0.2, 0.25) is 5.02 Å². The molecule has 21 heavy (non-hydrogen) atoms. The summed E-state index contributed by atoms with van der Waals surface area (Å²) in [7, 11) is -3.78. The second-order valence-electron chi connectivity index (χ2n) is 5.31. The Hall–Kier alpha value is -0.340. The highest BCUT2D eigenvalue weighted by molar-refractivity contribution is 8.01. The lowest BCUT2D eigenvalue weighted by Gasteiger charge is -2.23. The molecule has 1 heterocycles. The smallest absolute Gasteiger partial charge is 0.240 e. The molecule has 0 aliphatic carbocycles. The minimum atomic E-state index is -3.78. The van der Waals surface area contributed by atoms with Crippen molar-refractivity contribution in [1.82, 2.24) is 4.72 Å². The molecule has 0 radical (unpaired) electrons. The number of sulfonamides is 1. The van der Waals surface area contributed by atoms with Crippen LogP contribution in [0.15, 0.2) is 17.0 Å². The lowest BCUT2D eigenvalue weighted by atomic mass is 10.1. The molecular weight excluding hydrogens is 335 g/mol. The quantitative estimate of drug-likeness (QED) is 0.854. The normalized spacial score (nSPS) is 22.7. The van der Waals surface area contributed by atoms with Gasteiger partial charge in [0.15, 0.2) is 0 Å². The molecule has 0 aromatic heterocycles. The van der Waals surface area contributed by atoms with E-state index >= 15 is 0 Å². The van der Waals surface area contributed by atoms with Crippen LogP contribution in [0.1, 0.15) is 25.3 Å². The van der Waals surface area contributed by atoms with Gasteiger partial charge in [0, 0.05) is 17.8 Å². The third kappa shape index (κ3) is 3.90. The molecule has 118 valence electrons. The fraction of sp³-hybridized carbons (Fsp3) is 0.538. The molecule has 1 aromatic rings. The van der Waals surface area contributed by atoms with Gasteiger partial charge in [-0.05, 0) is 43.2 Å². The lowest BCUT2D eigenvalue weighted by molar-refractivity contribution is 0.550. The van der Waals surface area contributed by atoms with E-state index in [9.17, 15) is 12.8 Å². The molecule has 8 heteroatoms. The summed E-state index contributed by atoms with van der Waals surface area (Å²) in [5.74, 6) is 0.256. The van der Waals surface area contributed by atoms with E-state index in [1.807, 2.05) is 6.92 Å². The first kappa shape index (κ1) is 17.0. The van der Waals surface area contributed by atoms with Gasteiger partial charge in [-0.15, -0.1) is 0 Å². The van der Waals surface area contributed by atoms with Gasteiger partial charge in [0.05, 0.1) is 9.92 Å². The summed E-state index contributed by atoms with van der Waals surface area (Å²) in [5.41, 5.74) is 5.73. The maximum Gasteiger partial charge on any atom is 0.240 e. The molecule has 0 amide bonds. The molecule has 0 saturated carbocycles. The first-order valence-electron chi connectivity index (χ1n) is 6.59. The van der Waals surface area contributed by atoms with Crippen molar-refractivity contribution in [3.05, 3.63) is 28.5 Å². The van der Waals surface area contributed by atoms with E-state index in [-0.39, 0.29) is 26.8 Å². The number of benzene rings is 1. The van der Waals surface area contributed by atoms with E-state index in [0.29, 0.717) is 6.54 Å². The molecule has 1 saturated heterocycles. The second-order valence-corrected chi connectivity index (χ2v) is 9.14. The van der Waals surface area contributed by atoms with Gasteiger partial charge in [0.1, 0.15) is 5.82 Å². The van der Waals surface area contributed by atoms with Crippen molar-refractivity contribution in [1.29, 1.82) is 0 Å². The highest BCUT2D eigenvalue weighted by atomic mass is 35.5. The summed E-state index contributed by atoms with van der Waals surface area (Å²) in [5, 5.41) is -0.130. The Bertz CT molecular complexity index is 631. The summed E-state index contributed by atoms with van der Waals surface area (Å²) in [4.78, 5) is -0.142. The van der Waals surface area contributed by atoms with Crippen molar-refractivity contribution in [3.8, 4) is 0 Å². The van der Waals surface area contributed by atoms with E-state index in [0.717, 1.165) is 24.7 Å². The largest absolute Gasteiger partial charge is 0.326 e. The first-order valence-corrected chi connectivity index (χ1v) is 9.44. The molecule has 2 rings (SSSR count). The Balaban J connectivity index is 2.21. The van der Waals surface area contributed by atoms with Gasteiger partial charge in [0.2, 0.25) is 10.0 Å². The van der Waals surface area contributed by atoms with Crippen LogP contribution < -0.4 is 10.5 Å². The summed E-state index contributed by atoms with van der Waals surface area (Å²) < 4.78 is 40.7. The Morgan fingerprint density at radius 3 is 2.81 bits per heavy atom. The number of hydrogen-bond donors (Lipinski definition) is 2. The zero-order chi connectivity index (χ0) is 15.7. The molecule has 0 bridgehead atoms. The van der Waals surface area contributed by atoms with Crippen LogP contribution in [0, 0.1) is 5.82 Å². The number of nitrogens with one attached hydrogen (secondary N) is 1. The minimum Gasteiger partial charge on any atom is -0.326 e. The average molecular weight is 353 g/mol. The van der Waals surface area contributed by atoms with Gasteiger partial charge in [0.25, 0.3) is 0 Å². The van der Waals surface area contributed by atoms with Crippen LogP contribution >= 0.6 is 23.4 Å². The predicted octanol–water partition coefficient (Wildman–Crippen LogP) is 2.50. The van der Waals surface area contributed by atoms with Crippen molar-refractivity contribution in [2.75, 3.05) is 12.3 Å². The van der Waals surface area contributed by atoms with Crippen molar-refractivity contribution in [2.24, 2.45) is 5.73 Å². The van der Waals surface area contributed by atoms with Gasteiger partial charge in [-0.1, -0.05) is 11.6 Å². The monoisotopic (exact) mass is 352 g/mol. The average Bonchev–Trinajstić information content (AvgIpc) is 2.87. The molecule has 1 aliphatic rings. The maximum absolute atomic E-state index is 13.7. The van der Waals surface area contributed by atoms with Crippen LogP contribution in [0.5, 0.6) is 0 Å². The van der Waals surface area contributed by atoms with Crippen molar-refractivity contribution in [2.45, 2.75) is 36.0 Å². The third-order valence-corrected chi connectivity index (χ3v) is 6.89. The van der Waals surface area contributed by atoms with E-state index < -0.39 is 15.8 Å². The van der Waals surface area contributed by atoms with Gasteiger partial charge in [-0.25, -0.2) is 17.5 Å². The number of hydrogen-bond acceptors (Lipinski definition) is 4. The number of rotatable bonds is 5. The Morgan fingerprint density at radius 1 is 1.52 bits per heavy atom. The summed E-state index contributed by atoms with van der Waals surface area (Å²) >= 11 is 7.50. The fourth-order valence-electron chi connectivity index (χ4n) is 2.23. The van der Waals surface area contributed by atoms with Crippen LogP contribution in [0.3, 0.4) is 0 Å². The number of halogens is 2. The molecule has 1 unspecified atom stereocenters. The molecule has 1 aliphatic heterocycles. The lowest BCUT2D eigenvalue weighted by Crippen LogP contribution is -2.36. The Kier molecular flexibility index (Phi) is 5.20. The van der Waals surface area contributed by atoms with E-state index in [4.69, 9.17) is 17.3 Å².